The third-order valence-corrected chi connectivity index (χ3v) is 5.81. The maximum absolute atomic E-state index is 13.4. The van der Waals surface area contributed by atoms with Crippen LogP contribution in [-0.4, -0.2) is 21.2 Å². The van der Waals surface area contributed by atoms with Gasteiger partial charge in [-0.05, 0) is 49.7 Å². The number of aryl methyl sites for hydroxylation is 2. The van der Waals surface area contributed by atoms with Gasteiger partial charge in [-0.2, -0.15) is 0 Å². The van der Waals surface area contributed by atoms with E-state index >= 15 is 0 Å². The lowest BCUT2D eigenvalue weighted by Crippen LogP contribution is -2.23. The van der Waals surface area contributed by atoms with Crippen LogP contribution in [0.3, 0.4) is 0 Å². The molecule has 5 nitrogen and oxygen atoms in total. The lowest BCUT2D eigenvalue weighted by molar-refractivity contribution is -0.113. The number of halogens is 2. The van der Waals surface area contributed by atoms with Gasteiger partial charge >= 0.3 is 0 Å². The van der Waals surface area contributed by atoms with Crippen LogP contribution in [0.4, 0.5) is 14.5 Å². The molecule has 8 heteroatoms. The van der Waals surface area contributed by atoms with Gasteiger partial charge in [-0.3, -0.25) is 14.2 Å². The van der Waals surface area contributed by atoms with Crippen LogP contribution in [0.5, 0.6) is 0 Å². The molecule has 0 saturated carbocycles. The minimum absolute atomic E-state index is 0.0747. The van der Waals surface area contributed by atoms with Crippen LogP contribution in [0.2, 0.25) is 0 Å². The molecule has 0 aliphatic carbocycles. The number of nitrogens with one attached hydrogen (secondary N) is 1. The Morgan fingerprint density at radius 3 is 2.56 bits per heavy atom. The van der Waals surface area contributed by atoms with Crippen molar-refractivity contribution in [2.75, 3.05) is 11.1 Å². The number of hydrogen-bond acceptors (Lipinski definition) is 4. The Morgan fingerprint density at radius 1 is 1.03 bits per heavy atom. The van der Waals surface area contributed by atoms with Gasteiger partial charge in [0.05, 0.1) is 22.3 Å². The highest BCUT2D eigenvalue weighted by atomic mass is 32.2. The summed E-state index contributed by atoms with van der Waals surface area (Å²) in [6.07, 6.45) is 0. The van der Waals surface area contributed by atoms with Crippen LogP contribution in [0.1, 0.15) is 11.1 Å². The maximum atomic E-state index is 13.4. The minimum Gasteiger partial charge on any atom is -0.325 e. The highest BCUT2D eigenvalue weighted by Crippen LogP contribution is 2.24. The van der Waals surface area contributed by atoms with Gasteiger partial charge in [0, 0.05) is 11.8 Å². The summed E-state index contributed by atoms with van der Waals surface area (Å²) in [5.41, 5.74) is 3.09. The predicted molar refractivity (Wildman–Crippen MR) is 123 cm³/mol. The van der Waals surface area contributed by atoms with E-state index in [9.17, 15) is 18.4 Å². The monoisotopic (exact) mass is 451 g/mol. The molecule has 0 bridgehead atoms. The van der Waals surface area contributed by atoms with E-state index in [2.05, 4.69) is 10.3 Å². The smallest absolute Gasteiger partial charge is 0.266 e. The van der Waals surface area contributed by atoms with Gasteiger partial charge in [0.15, 0.2) is 16.8 Å². The summed E-state index contributed by atoms with van der Waals surface area (Å²) in [5.74, 6) is -2.55. The number of rotatable bonds is 5. The second-order valence-corrected chi connectivity index (χ2v) is 8.25. The van der Waals surface area contributed by atoms with E-state index in [1.807, 2.05) is 32.0 Å². The van der Waals surface area contributed by atoms with Crippen LogP contribution < -0.4 is 10.9 Å². The summed E-state index contributed by atoms with van der Waals surface area (Å²) in [5, 5.41) is 3.37. The van der Waals surface area contributed by atoms with Gasteiger partial charge in [0.1, 0.15) is 0 Å². The first-order valence-corrected chi connectivity index (χ1v) is 10.8. The molecule has 0 unspecified atom stereocenters. The molecular formula is C24H19F2N3O2S. The third kappa shape index (κ3) is 4.40. The number of thioether (sulfide) groups is 1. The number of nitrogens with zero attached hydrogens (tertiary/aromatic N) is 2. The first-order chi connectivity index (χ1) is 15.3. The number of carbonyl (C=O) groups excluding carboxylic acids is 1. The fourth-order valence-electron chi connectivity index (χ4n) is 3.38. The standard InChI is InChI=1S/C24H19F2N3O2S/c1-14-7-10-21(15(2)11-14)29-23(31)17-5-3-4-6-20(17)28-24(29)32-13-22(30)27-16-8-9-18(25)19(26)12-16/h3-12H,13H2,1-2H3,(H,27,30). The molecule has 0 aliphatic rings. The molecule has 0 atom stereocenters. The molecule has 1 amide bonds. The van der Waals surface area contributed by atoms with Crippen LogP contribution in [0.25, 0.3) is 16.6 Å². The quantitative estimate of drug-likeness (QED) is 0.342. The molecule has 4 aromatic rings. The Hall–Kier alpha value is -3.52. The molecule has 1 aromatic heterocycles. The number of benzene rings is 3. The average Bonchev–Trinajstić information content (AvgIpc) is 2.76. The molecule has 0 spiro atoms. The fourth-order valence-corrected chi connectivity index (χ4v) is 4.18. The first kappa shape index (κ1) is 21.7. The molecule has 162 valence electrons. The van der Waals surface area contributed by atoms with E-state index in [0.29, 0.717) is 21.7 Å². The molecule has 0 radical (unpaired) electrons. The van der Waals surface area contributed by atoms with E-state index < -0.39 is 17.5 Å². The Bertz CT molecular complexity index is 1400. The van der Waals surface area contributed by atoms with E-state index in [1.165, 1.54) is 10.6 Å². The van der Waals surface area contributed by atoms with Crippen molar-refractivity contribution < 1.29 is 13.6 Å². The van der Waals surface area contributed by atoms with E-state index in [-0.39, 0.29) is 17.0 Å². The molecule has 3 aromatic carbocycles. The van der Waals surface area contributed by atoms with Crippen molar-refractivity contribution in [1.29, 1.82) is 0 Å². The highest BCUT2D eigenvalue weighted by molar-refractivity contribution is 7.99. The summed E-state index contributed by atoms with van der Waals surface area (Å²) in [6, 6.07) is 15.9. The Labute approximate surface area is 187 Å². The lowest BCUT2D eigenvalue weighted by atomic mass is 10.1. The van der Waals surface area contributed by atoms with Crippen LogP contribution >= 0.6 is 11.8 Å². The zero-order valence-electron chi connectivity index (χ0n) is 17.4. The third-order valence-electron chi connectivity index (χ3n) is 4.87. The van der Waals surface area contributed by atoms with Crippen LogP contribution in [0, 0.1) is 25.5 Å². The zero-order valence-corrected chi connectivity index (χ0v) is 18.2. The van der Waals surface area contributed by atoms with Crippen molar-refractivity contribution >= 4 is 34.3 Å². The number of hydrogen-bond donors (Lipinski definition) is 1. The Kier molecular flexibility index (Phi) is 6.05. The maximum Gasteiger partial charge on any atom is 0.266 e. The van der Waals surface area contributed by atoms with Crippen LogP contribution in [0.15, 0.2) is 70.6 Å². The Balaban J connectivity index is 1.68. The van der Waals surface area contributed by atoms with Gasteiger partial charge < -0.3 is 5.32 Å². The average molecular weight is 451 g/mol. The predicted octanol–water partition coefficient (Wildman–Crippen LogP) is 5.01. The summed E-state index contributed by atoms with van der Waals surface area (Å²) in [4.78, 5) is 30.4. The molecule has 0 aliphatic heterocycles. The number of fused-ring (bicyclic) bond motifs is 1. The van der Waals surface area contributed by atoms with Gasteiger partial charge in [0.2, 0.25) is 5.91 Å². The van der Waals surface area contributed by atoms with Crippen molar-refractivity contribution in [3.8, 4) is 5.69 Å². The minimum atomic E-state index is -1.05. The fraction of sp³-hybridized carbons (Fsp3) is 0.125. The largest absolute Gasteiger partial charge is 0.325 e. The zero-order chi connectivity index (χ0) is 22.8. The second kappa shape index (κ2) is 8.92. The van der Waals surface area contributed by atoms with Crippen LogP contribution in [-0.2, 0) is 4.79 Å². The van der Waals surface area contributed by atoms with Crippen molar-refractivity contribution in [3.63, 3.8) is 0 Å². The van der Waals surface area contributed by atoms with Gasteiger partial charge in [-0.15, -0.1) is 0 Å². The number of carbonyl (C=O) groups is 1. The number of anilines is 1. The summed E-state index contributed by atoms with van der Waals surface area (Å²) >= 11 is 1.09. The van der Waals surface area contributed by atoms with Crippen molar-refractivity contribution in [2.24, 2.45) is 0 Å². The summed E-state index contributed by atoms with van der Waals surface area (Å²) < 4.78 is 28.0. The molecular weight excluding hydrogens is 432 g/mol. The summed E-state index contributed by atoms with van der Waals surface area (Å²) in [7, 11) is 0. The van der Waals surface area contributed by atoms with Crippen molar-refractivity contribution in [2.45, 2.75) is 19.0 Å². The summed E-state index contributed by atoms with van der Waals surface area (Å²) in [6.45, 7) is 3.88. The number of amides is 1. The molecule has 1 heterocycles. The molecule has 0 saturated heterocycles. The first-order valence-electron chi connectivity index (χ1n) is 9.80. The van der Waals surface area contributed by atoms with Gasteiger partial charge in [-0.25, -0.2) is 13.8 Å². The number of para-hydroxylation sites is 1. The Morgan fingerprint density at radius 2 is 1.81 bits per heavy atom. The molecule has 0 fully saturated rings. The molecule has 4 rings (SSSR count). The van der Waals surface area contributed by atoms with Gasteiger partial charge in [-0.1, -0.05) is 41.6 Å². The normalized spacial score (nSPS) is 11.0. The van der Waals surface area contributed by atoms with E-state index in [0.717, 1.165) is 35.0 Å². The van der Waals surface area contributed by atoms with E-state index in [1.54, 1.807) is 24.3 Å². The highest BCUT2D eigenvalue weighted by Gasteiger charge is 2.16. The SMILES string of the molecule is Cc1ccc(-n2c(SCC(=O)Nc3ccc(F)c(F)c3)nc3ccccc3c2=O)c(C)c1. The van der Waals surface area contributed by atoms with Crippen molar-refractivity contribution in [3.05, 3.63) is 93.8 Å². The molecule has 32 heavy (non-hydrogen) atoms. The lowest BCUT2D eigenvalue weighted by Gasteiger charge is -2.15. The van der Waals surface area contributed by atoms with E-state index in [4.69, 9.17) is 0 Å². The van der Waals surface area contributed by atoms with Gasteiger partial charge in [0.25, 0.3) is 5.56 Å². The second-order valence-electron chi connectivity index (χ2n) is 7.31. The van der Waals surface area contributed by atoms with Crippen molar-refractivity contribution in [1.82, 2.24) is 9.55 Å². The molecule has 1 N–H and O–H groups in total. The number of aromatic nitrogens is 2. The topological polar surface area (TPSA) is 64.0 Å².